The van der Waals surface area contributed by atoms with E-state index in [1.54, 1.807) is 7.11 Å². The first-order valence-electron chi connectivity index (χ1n) is 6.31. The molecular formula is C14H21NOS. The Morgan fingerprint density at radius 2 is 1.88 bits per heavy atom. The molecule has 0 bridgehead atoms. The minimum atomic E-state index is 0.663. The number of hydrogen-bond acceptors (Lipinski definition) is 3. The Bertz CT molecular complexity index is 339. The van der Waals surface area contributed by atoms with Crippen LogP contribution in [0.4, 0.5) is 0 Å². The summed E-state index contributed by atoms with van der Waals surface area (Å²) in [5.41, 5.74) is 0. The maximum absolute atomic E-state index is 5.18. The Morgan fingerprint density at radius 1 is 1.18 bits per heavy atom. The summed E-state index contributed by atoms with van der Waals surface area (Å²) in [5, 5.41) is 4.16. The van der Waals surface area contributed by atoms with E-state index in [2.05, 4.69) is 24.5 Å². The normalized spacial score (nSPS) is 24.6. The number of ether oxygens (including phenoxy) is 1. The molecule has 0 saturated heterocycles. The van der Waals surface area contributed by atoms with Crippen LogP contribution in [-0.2, 0) is 0 Å². The van der Waals surface area contributed by atoms with E-state index in [1.165, 1.54) is 30.6 Å². The second kappa shape index (κ2) is 6.31. The quantitative estimate of drug-likeness (QED) is 0.887. The van der Waals surface area contributed by atoms with Crippen LogP contribution in [0.15, 0.2) is 29.2 Å². The van der Waals surface area contributed by atoms with E-state index < -0.39 is 0 Å². The van der Waals surface area contributed by atoms with E-state index in [0.29, 0.717) is 11.3 Å². The van der Waals surface area contributed by atoms with E-state index in [0.717, 1.165) is 5.75 Å². The standard InChI is InChI=1S/C14H21NOS/c1-15-13-5-3-4-6-14(13)17-12-9-7-11(16-2)8-10-12/h7-10,13-15H,3-6H2,1-2H3. The van der Waals surface area contributed by atoms with Crippen molar-refractivity contribution >= 4 is 11.8 Å². The predicted octanol–water partition coefficient (Wildman–Crippen LogP) is 3.32. The molecule has 0 aromatic heterocycles. The molecule has 17 heavy (non-hydrogen) atoms. The van der Waals surface area contributed by atoms with Crippen molar-refractivity contribution in [1.82, 2.24) is 5.32 Å². The molecule has 0 heterocycles. The highest BCUT2D eigenvalue weighted by Gasteiger charge is 2.24. The third-order valence-corrected chi connectivity index (χ3v) is 4.83. The van der Waals surface area contributed by atoms with Crippen LogP contribution in [0.3, 0.4) is 0 Å². The molecule has 1 aromatic rings. The van der Waals surface area contributed by atoms with Crippen LogP contribution in [0.2, 0.25) is 0 Å². The van der Waals surface area contributed by atoms with Gasteiger partial charge in [-0.2, -0.15) is 0 Å². The lowest BCUT2D eigenvalue weighted by atomic mass is 9.95. The fraction of sp³-hybridized carbons (Fsp3) is 0.571. The van der Waals surface area contributed by atoms with Gasteiger partial charge < -0.3 is 10.1 Å². The first-order valence-corrected chi connectivity index (χ1v) is 7.19. The smallest absolute Gasteiger partial charge is 0.118 e. The van der Waals surface area contributed by atoms with Crippen molar-refractivity contribution in [2.75, 3.05) is 14.2 Å². The average molecular weight is 251 g/mol. The van der Waals surface area contributed by atoms with Gasteiger partial charge in [-0.15, -0.1) is 11.8 Å². The highest BCUT2D eigenvalue weighted by molar-refractivity contribution is 8.00. The highest BCUT2D eigenvalue weighted by Crippen LogP contribution is 2.34. The Hall–Kier alpha value is -0.670. The average Bonchev–Trinajstić information content (AvgIpc) is 2.40. The zero-order valence-corrected chi connectivity index (χ0v) is 11.4. The summed E-state index contributed by atoms with van der Waals surface area (Å²) in [6.45, 7) is 0. The maximum Gasteiger partial charge on any atom is 0.118 e. The van der Waals surface area contributed by atoms with Crippen molar-refractivity contribution in [2.24, 2.45) is 0 Å². The summed E-state index contributed by atoms with van der Waals surface area (Å²) >= 11 is 2.00. The van der Waals surface area contributed by atoms with Gasteiger partial charge in [0.1, 0.15) is 5.75 Å². The molecule has 2 unspecified atom stereocenters. The molecule has 2 atom stereocenters. The van der Waals surface area contributed by atoms with E-state index >= 15 is 0 Å². The zero-order chi connectivity index (χ0) is 12.1. The van der Waals surface area contributed by atoms with E-state index in [1.807, 2.05) is 23.9 Å². The number of benzene rings is 1. The Balaban J connectivity index is 1.98. The van der Waals surface area contributed by atoms with E-state index in [9.17, 15) is 0 Å². The van der Waals surface area contributed by atoms with Crippen molar-refractivity contribution in [2.45, 2.75) is 41.9 Å². The first kappa shape index (κ1) is 12.8. The summed E-state index contributed by atoms with van der Waals surface area (Å²) in [7, 11) is 3.79. The van der Waals surface area contributed by atoms with Crippen LogP contribution < -0.4 is 10.1 Å². The minimum Gasteiger partial charge on any atom is -0.497 e. The van der Waals surface area contributed by atoms with Crippen molar-refractivity contribution in [3.05, 3.63) is 24.3 Å². The lowest BCUT2D eigenvalue weighted by Gasteiger charge is -2.30. The second-order valence-corrected chi connectivity index (χ2v) is 5.82. The first-order chi connectivity index (χ1) is 8.33. The number of nitrogens with one attached hydrogen (secondary N) is 1. The lowest BCUT2D eigenvalue weighted by Crippen LogP contribution is -2.38. The van der Waals surface area contributed by atoms with Gasteiger partial charge in [-0.25, -0.2) is 0 Å². The van der Waals surface area contributed by atoms with Gasteiger partial charge in [-0.05, 0) is 44.2 Å². The van der Waals surface area contributed by atoms with Crippen LogP contribution in [-0.4, -0.2) is 25.4 Å². The Kier molecular flexibility index (Phi) is 4.75. The molecule has 1 N–H and O–H groups in total. The van der Waals surface area contributed by atoms with E-state index in [-0.39, 0.29) is 0 Å². The lowest BCUT2D eigenvalue weighted by molar-refractivity contribution is 0.405. The van der Waals surface area contributed by atoms with Gasteiger partial charge in [-0.3, -0.25) is 0 Å². The van der Waals surface area contributed by atoms with Gasteiger partial charge in [0.05, 0.1) is 7.11 Å². The molecule has 3 heteroatoms. The SMILES string of the molecule is CNC1CCCCC1Sc1ccc(OC)cc1. The van der Waals surface area contributed by atoms with Crippen molar-refractivity contribution in [3.8, 4) is 5.75 Å². The minimum absolute atomic E-state index is 0.663. The number of rotatable bonds is 4. The molecule has 1 aliphatic carbocycles. The maximum atomic E-state index is 5.18. The fourth-order valence-corrected chi connectivity index (χ4v) is 3.76. The number of methoxy groups -OCH3 is 1. The summed E-state index contributed by atoms with van der Waals surface area (Å²) < 4.78 is 5.18. The van der Waals surface area contributed by atoms with Gasteiger partial charge in [0.2, 0.25) is 0 Å². The van der Waals surface area contributed by atoms with Gasteiger partial charge in [0.15, 0.2) is 0 Å². The molecule has 1 saturated carbocycles. The summed E-state index contributed by atoms with van der Waals surface area (Å²) in [6, 6.07) is 9.06. The number of thioether (sulfide) groups is 1. The fourth-order valence-electron chi connectivity index (χ4n) is 2.40. The molecule has 0 spiro atoms. The third-order valence-electron chi connectivity index (χ3n) is 3.42. The molecule has 0 amide bonds. The largest absolute Gasteiger partial charge is 0.497 e. The molecule has 2 nitrogen and oxygen atoms in total. The van der Waals surface area contributed by atoms with Crippen LogP contribution in [0.5, 0.6) is 5.75 Å². The molecule has 2 rings (SSSR count). The van der Waals surface area contributed by atoms with Gasteiger partial charge in [0, 0.05) is 16.2 Å². The topological polar surface area (TPSA) is 21.3 Å². The van der Waals surface area contributed by atoms with E-state index in [4.69, 9.17) is 4.74 Å². The van der Waals surface area contributed by atoms with Crippen molar-refractivity contribution < 1.29 is 4.74 Å². The van der Waals surface area contributed by atoms with Gasteiger partial charge >= 0.3 is 0 Å². The second-order valence-electron chi connectivity index (χ2n) is 4.51. The zero-order valence-electron chi connectivity index (χ0n) is 10.6. The monoisotopic (exact) mass is 251 g/mol. The highest BCUT2D eigenvalue weighted by atomic mass is 32.2. The van der Waals surface area contributed by atoms with Gasteiger partial charge in [0.25, 0.3) is 0 Å². The molecule has 0 radical (unpaired) electrons. The van der Waals surface area contributed by atoms with Gasteiger partial charge in [-0.1, -0.05) is 12.8 Å². The number of hydrogen-bond donors (Lipinski definition) is 1. The van der Waals surface area contributed by atoms with Crippen LogP contribution in [0.1, 0.15) is 25.7 Å². The Morgan fingerprint density at radius 3 is 2.53 bits per heavy atom. The van der Waals surface area contributed by atoms with Crippen LogP contribution >= 0.6 is 11.8 Å². The molecule has 1 fully saturated rings. The molecule has 0 aliphatic heterocycles. The summed E-state index contributed by atoms with van der Waals surface area (Å²) in [5.74, 6) is 0.933. The third kappa shape index (κ3) is 3.39. The van der Waals surface area contributed by atoms with Crippen molar-refractivity contribution in [1.29, 1.82) is 0 Å². The van der Waals surface area contributed by atoms with Crippen molar-refractivity contribution in [3.63, 3.8) is 0 Å². The van der Waals surface area contributed by atoms with Crippen LogP contribution in [0, 0.1) is 0 Å². The summed E-state index contributed by atoms with van der Waals surface area (Å²) in [6.07, 6.45) is 5.36. The molecule has 1 aromatic carbocycles. The Labute approximate surface area is 108 Å². The summed E-state index contributed by atoms with van der Waals surface area (Å²) in [4.78, 5) is 1.35. The molecular weight excluding hydrogens is 230 g/mol. The predicted molar refractivity (Wildman–Crippen MR) is 74.0 cm³/mol. The molecule has 1 aliphatic rings. The molecule has 94 valence electrons. The van der Waals surface area contributed by atoms with Crippen LogP contribution in [0.25, 0.3) is 0 Å².